The summed E-state index contributed by atoms with van der Waals surface area (Å²) in [5.74, 6) is 1.29. The summed E-state index contributed by atoms with van der Waals surface area (Å²) < 4.78 is 0. The van der Waals surface area contributed by atoms with Gasteiger partial charge in [0.15, 0.2) is 0 Å². The zero-order valence-corrected chi connectivity index (χ0v) is 13.8. The Hall–Kier alpha value is -2.20. The zero-order chi connectivity index (χ0) is 16.8. The first kappa shape index (κ1) is 16.7. The van der Waals surface area contributed by atoms with Crippen LogP contribution in [0, 0.1) is 17.2 Å². The molecule has 1 amide bonds. The highest BCUT2D eigenvalue weighted by Crippen LogP contribution is 2.25. The molecule has 24 heavy (non-hydrogen) atoms. The van der Waals surface area contributed by atoms with E-state index in [2.05, 4.69) is 26.7 Å². The minimum absolute atomic E-state index is 0.0540. The van der Waals surface area contributed by atoms with Crippen molar-refractivity contribution in [3.63, 3.8) is 0 Å². The van der Waals surface area contributed by atoms with Crippen molar-refractivity contribution in [2.24, 2.45) is 5.92 Å². The van der Waals surface area contributed by atoms with E-state index in [9.17, 15) is 4.79 Å². The molecule has 1 saturated carbocycles. The van der Waals surface area contributed by atoms with E-state index in [1.54, 1.807) is 23.4 Å². The number of anilines is 1. The maximum absolute atomic E-state index is 12.2. The van der Waals surface area contributed by atoms with Crippen LogP contribution in [0.3, 0.4) is 0 Å². The molecule has 7 heteroatoms. The first-order valence-corrected chi connectivity index (χ1v) is 8.69. The maximum Gasteiger partial charge on any atom is 0.237 e. The van der Waals surface area contributed by atoms with Gasteiger partial charge in [0.05, 0.1) is 12.6 Å². The summed E-state index contributed by atoms with van der Waals surface area (Å²) in [5.41, 5.74) is 0. The molecule has 3 rings (SSSR count). The van der Waals surface area contributed by atoms with Gasteiger partial charge in [0.25, 0.3) is 0 Å². The Balaban J connectivity index is 1.37. The largest absolute Gasteiger partial charge is 0.354 e. The third-order valence-corrected chi connectivity index (χ3v) is 4.92. The molecule has 2 unspecified atom stereocenters. The average Bonchev–Trinajstić information content (AvgIpc) is 3.28. The fourth-order valence-corrected chi connectivity index (χ4v) is 3.60. The molecule has 2 fully saturated rings. The smallest absolute Gasteiger partial charge is 0.237 e. The lowest BCUT2D eigenvalue weighted by Crippen LogP contribution is -2.43. The second-order valence-electron chi connectivity index (χ2n) is 6.58. The number of rotatable bonds is 6. The molecule has 1 aliphatic carbocycles. The first-order valence-electron chi connectivity index (χ1n) is 8.69. The summed E-state index contributed by atoms with van der Waals surface area (Å²) in [6.07, 6.45) is 8.46. The van der Waals surface area contributed by atoms with Crippen LogP contribution < -0.4 is 10.6 Å². The van der Waals surface area contributed by atoms with E-state index in [4.69, 9.17) is 5.26 Å². The van der Waals surface area contributed by atoms with Crippen molar-refractivity contribution in [3.05, 3.63) is 18.5 Å². The Morgan fingerprint density at radius 1 is 1.33 bits per heavy atom. The Bertz CT molecular complexity index is 586. The van der Waals surface area contributed by atoms with Gasteiger partial charge < -0.3 is 15.5 Å². The summed E-state index contributed by atoms with van der Waals surface area (Å²) >= 11 is 0. The number of amides is 1. The van der Waals surface area contributed by atoms with Crippen molar-refractivity contribution >= 4 is 11.9 Å². The number of nitriles is 1. The highest BCUT2D eigenvalue weighted by molar-refractivity contribution is 5.79. The number of hydrogen-bond donors (Lipinski definition) is 2. The maximum atomic E-state index is 12.2. The van der Waals surface area contributed by atoms with Crippen LogP contribution in [0.5, 0.6) is 0 Å². The lowest BCUT2D eigenvalue weighted by molar-refractivity contribution is -0.130. The number of aromatic nitrogens is 2. The van der Waals surface area contributed by atoms with Crippen LogP contribution in [0.4, 0.5) is 5.95 Å². The topological polar surface area (TPSA) is 93.9 Å². The second-order valence-corrected chi connectivity index (χ2v) is 6.58. The Kier molecular flexibility index (Phi) is 5.59. The van der Waals surface area contributed by atoms with Crippen LogP contribution in [0.2, 0.25) is 0 Å². The van der Waals surface area contributed by atoms with Crippen molar-refractivity contribution in [1.29, 1.82) is 5.26 Å². The van der Waals surface area contributed by atoms with E-state index in [-0.39, 0.29) is 11.9 Å². The monoisotopic (exact) mass is 328 g/mol. The molecule has 3 atom stereocenters. The molecule has 2 aliphatic rings. The van der Waals surface area contributed by atoms with Gasteiger partial charge in [0, 0.05) is 31.5 Å². The summed E-state index contributed by atoms with van der Waals surface area (Å²) in [6, 6.07) is 4.16. The summed E-state index contributed by atoms with van der Waals surface area (Å²) in [7, 11) is 0. The molecule has 0 radical (unpaired) electrons. The van der Waals surface area contributed by atoms with Gasteiger partial charge in [-0.3, -0.25) is 4.79 Å². The van der Waals surface area contributed by atoms with Gasteiger partial charge in [0.1, 0.15) is 6.04 Å². The van der Waals surface area contributed by atoms with Gasteiger partial charge in [-0.25, -0.2) is 9.97 Å². The number of carbonyl (C=O) groups excluding carboxylic acids is 1. The number of carbonyl (C=O) groups is 1. The van der Waals surface area contributed by atoms with Gasteiger partial charge in [-0.15, -0.1) is 0 Å². The summed E-state index contributed by atoms with van der Waals surface area (Å²) in [5, 5.41) is 15.7. The van der Waals surface area contributed by atoms with Gasteiger partial charge in [0.2, 0.25) is 11.9 Å². The molecular formula is C17H24N6O. The normalized spacial score (nSPS) is 26.3. The zero-order valence-electron chi connectivity index (χ0n) is 13.8. The first-order chi connectivity index (χ1) is 11.8. The van der Waals surface area contributed by atoms with E-state index in [0.29, 0.717) is 31.0 Å². The van der Waals surface area contributed by atoms with Crippen LogP contribution in [0.1, 0.15) is 32.1 Å². The van der Waals surface area contributed by atoms with E-state index < -0.39 is 0 Å². The standard InChI is InChI=1S/C17H24N6O/c18-10-15-3-1-8-23(15)16(24)12-21-14-5-4-13(9-14)11-22-17-19-6-2-7-20-17/h2,6-7,13-15,21H,1,3-5,8-9,11-12H2,(H,19,20,22)/t13?,14?,15-/m0/s1. The molecule has 2 heterocycles. The molecule has 128 valence electrons. The van der Waals surface area contributed by atoms with Crippen LogP contribution >= 0.6 is 0 Å². The summed E-state index contributed by atoms with van der Waals surface area (Å²) in [4.78, 5) is 22.3. The molecule has 0 spiro atoms. The molecule has 1 saturated heterocycles. The molecular weight excluding hydrogens is 304 g/mol. The van der Waals surface area contributed by atoms with Crippen molar-refractivity contribution in [2.45, 2.75) is 44.2 Å². The van der Waals surface area contributed by atoms with Crippen molar-refractivity contribution < 1.29 is 4.79 Å². The van der Waals surface area contributed by atoms with Gasteiger partial charge >= 0.3 is 0 Å². The Morgan fingerprint density at radius 2 is 2.17 bits per heavy atom. The fourth-order valence-electron chi connectivity index (χ4n) is 3.60. The molecule has 0 bridgehead atoms. The van der Waals surface area contributed by atoms with Crippen LogP contribution in [0.25, 0.3) is 0 Å². The van der Waals surface area contributed by atoms with Crippen LogP contribution in [-0.4, -0.2) is 52.5 Å². The SMILES string of the molecule is N#C[C@@H]1CCCN1C(=O)CNC1CCC(CNc2ncccn2)C1. The lowest BCUT2D eigenvalue weighted by atomic mass is 10.1. The third kappa shape index (κ3) is 4.20. The number of nitrogens with zero attached hydrogens (tertiary/aromatic N) is 4. The molecule has 0 aromatic carbocycles. The molecule has 7 nitrogen and oxygen atoms in total. The van der Waals surface area contributed by atoms with Gasteiger partial charge in [-0.1, -0.05) is 0 Å². The van der Waals surface area contributed by atoms with Gasteiger partial charge in [-0.2, -0.15) is 5.26 Å². The van der Waals surface area contributed by atoms with E-state index in [1.165, 1.54) is 0 Å². The Morgan fingerprint density at radius 3 is 2.96 bits per heavy atom. The second kappa shape index (κ2) is 8.06. The van der Waals surface area contributed by atoms with Crippen molar-refractivity contribution in [1.82, 2.24) is 20.2 Å². The van der Waals surface area contributed by atoms with E-state index >= 15 is 0 Å². The third-order valence-electron chi connectivity index (χ3n) is 4.92. The number of likely N-dealkylation sites (tertiary alicyclic amines) is 1. The minimum atomic E-state index is -0.231. The number of hydrogen-bond acceptors (Lipinski definition) is 6. The van der Waals surface area contributed by atoms with Crippen molar-refractivity contribution in [3.8, 4) is 6.07 Å². The van der Waals surface area contributed by atoms with Crippen molar-refractivity contribution in [2.75, 3.05) is 25.0 Å². The quantitative estimate of drug-likeness (QED) is 0.814. The number of nitrogens with one attached hydrogen (secondary N) is 2. The van der Waals surface area contributed by atoms with Gasteiger partial charge in [-0.05, 0) is 44.1 Å². The predicted molar refractivity (Wildman–Crippen MR) is 90.0 cm³/mol. The van der Waals surface area contributed by atoms with E-state index in [1.807, 2.05) is 0 Å². The van der Waals surface area contributed by atoms with Crippen LogP contribution in [-0.2, 0) is 4.79 Å². The van der Waals surface area contributed by atoms with E-state index in [0.717, 1.165) is 38.6 Å². The molecule has 1 aromatic rings. The highest BCUT2D eigenvalue weighted by Gasteiger charge is 2.30. The summed E-state index contributed by atoms with van der Waals surface area (Å²) in [6.45, 7) is 1.91. The molecule has 1 aliphatic heterocycles. The molecule has 2 N–H and O–H groups in total. The van der Waals surface area contributed by atoms with Crippen LogP contribution in [0.15, 0.2) is 18.5 Å². The minimum Gasteiger partial charge on any atom is -0.354 e. The predicted octanol–water partition coefficient (Wildman–Crippen LogP) is 1.16. The Labute approximate surface area is 142 Å². The molecule has 1 aromatic heterocycles. The average molecular weight is 328 g/mol. The fraction of sp³-hybridized carbons (Fsp3) is 0.647. The highest BCUT2D eigenvalue weighted by atomic mass is 16.2. The lowest BCUT2D eigenvalue weighted by Gasteiger charge is -2.21.